The summed E-state index contributed by atoms with van der Waals surface area (Å²) in [6.45, 7) is 10.0. The van der Waals surface area contributed by atoms with Crippen LogP contribution in [0.25, 0.3) is 0 Å². The van der Waals surface area contributed by atoms with E-state index in [0.29, 0.717) is 29.5 Å². The zero-order valence-electron chi connectivity index (χ0n) is 21.7. The Hall–Kier alpha value is -3.67. The number of aromatic hydroxyl groups is 4. The van der Waals surface area contributed by atoms with Gasteiger partial charge in [0.1, 0.15) is 28.9 Å². The first-order chi connectivity index (χ1) is 17.0. The first-order valence-electron chi connectivity index (χ1n) is 12.2. The topological polar surface area (TPSA) is 107 Å². The van der Waals surface area contributed by atoms with Crippen LogP contribution >= 0.6 is 0 Å². The van der Waals surface area contributed by atoms with Crippen molar-refractivity contribution in [3.8, 4) is 28.7 Å². The number of Topliss-reactive ketones (excluding diaryl/α,β-unsaturated/α-hetero) is 1. The summed E-state index contributed by atoms with van der Waals surface area (Å²) in [7, 11) is 0. The molecule has 0 radical (unpaired) electrons. The maximum Gasteiger partial charge on any atom is 0.174 e. The Morgan fingerprint density at radius 3 is 2.22 bits per heavy atom. The fraction of sp³-hybridized carbons (Fsp3) is 0.367. The summed E-state index contributed by atoms with van der Waals surface area (Å²) in [4.78, 5) is 13.1. The summed E-state index contributed by atoms with van der Waals surface area (Å²) in [5.41, 5.74) is 4.97. The molecular weight excluding hydrogens is 456 g/mol. The van der Waals surface area contributed by atoms with Crippen molar-refractivity contribution >= 4 is 5.78 Å². The highest BCUT2D eigenvalue weighted by Crippen LogP contribution is 2.47. The molecule has 0 amide bonds. The molecule has 4 N–H and O–H groups in total. The first kappa shape index (κ1) is 26.9. The van der Waals surface area contributed by atoms with E-state index in [1.54, 1.807) is 6.07 Å². The lowest BCUT2D eigenvalue weighted by atomic mass is 9.89. The van der Waals surface area contributed by atoms with Gasteiger partial charge in [-0.2, -0.15) is 0 Å². The maximum atomic E-state index is 13.1. The number of rotatable bonds is 8. The van der Waals surface area contributed by atoms with Gasteiger partial charge in [-0.05, 0) is 66.4 Å². The van der Waals surface area contributed by atoms with Crippen molar-refractivity contribution in [1.29, 1.82) is 0 Å². The molecule has 0 fully saturated rings. The molecule has 0 aliphatic carbocycles. The molecule has 36 heavy (non-hydrogen) atoms. The Labute approximate surface area is 212 Å². The number of ether oxygens (including phenoxy) is 1. The van der Waals surface area contributed by atoms with Crippen LogP contribution < -0.4 is 4.74 Å². The monoisotopic (exact) mass is 492 g/mol. The van der Waals surface area contributed by atoms with Gasteiger partial charge in [0.15, 0.2) is 17.3 Å². The van der Waals surface area contributed by atoms with E-state index in [1.807, 2.05) is 32.9 Å². The second kappa shape index (κ2) is 11.4. The highest BCUT2D eigenvalue weighted by Gasteiger charge is 2.35. The molecule has 192 valence electrons. The lowest BCUT2D eigenvalue weighted by Crippen LogP contribution is -2.22. The quantitative estimate of drug-likeness (QED) is 0.234. The van der Waals surface area contributed by atoms with Crippen molar-refractivity contribution in [1.82, 2.24) is 0 Å². The van der Waals surface area contributed by atoms with Crippen LogP contribution in [0.15, 0.2) is 53.1 Å². The van der Waals surface area contributed by atoms with Crippen LogP contribution in [0, 0.1) is 0 Å². The zero-order valence-corrected chi connectivity index (χ0v) is 21.7. The number of phenols is 4. The number of hydrogen-bond acceptors (Lipinski definition) is 6. The van der Waals surface area contributed by atoms with Gasteiger partial charge in [0.05, 0.1) is 6.42 Å². The SMILES string of the molecule is CC(C)=CCCC(C)=CCc1c([C@@H]2CC(=O)c3c(O)cc(O)c(CC=C(C)C)c3O2)ccc(O)c1O. The molecule has 0 spiro atoms. The van der Waals surface area contributed by atoms with Gasteiger partial charge >= 0.3 is 0 Å². The fourth-order valence-electron chi connectivity index (χ4n) is 4.33. The molecule has 0 saturated heterocycles. The smallest absolute Gasteiger partial charge is 0.174 e. The molecule has 0 aromatic heterocycles. The van der Waals surface area contributed by atoms with Gasteiger partial charge < -0.3 is 25.2 Å². The van der Waals surface area contributed by atoms with E-state index in [2.05, 4.69) is 19.9 Å². The molecule has 3 rings (SSSR count). The summed E-state index contributed by atoms with van der Waals surface area (Å²) in [6, 6.07) is 4.21. The van der Waals surface area contributed by atoms with Gasteiger partial charge in [0.25, 0.3) is 0 Å². The van der Waals surface area contributed by atoms with Crippen molar-refractivity contribution in [2.75, 3.05) is 0 Å². The number of carbonyl (C=O) groups is 1. The second-order valence-corrected chi connectivity index (χ2v) is 9.89. The van der Waals surface area contributed by atoms with Crippen LogP contribution in [0.3, 0.4) is 0 Å². The molecule has 6 heteroatoms. The largest absolute Gasteiger partial charge is 0.507 e. The standard InChI is InChI=1S/C30H36O6/c1-17(2)7-6-8-19(5)10-12-21-20(13-14-23(31)29(21)35)27-16-26(34)28-25(33)15-24(32)22(30(28)36-27)11-9-18(3)4/h7,9-10,13-15,27,31-33,35H,6,8,11-12,16H2,1-5H3/t27-/m0/s1. The third-order valence-electron chi connectivity index (χ3n) is 6.35. The molecule has 6 nitrogen and oxygen atoms in total. The van der Waals surface area contributed by atoms with Crippen molar-refractivity contribution in [2.45, 2.75) is 72.8 Å². The number of hydrogen-bond donors (Lipinski definition) is 4. The lowest BCUT2D eigenvalue weighted by molar-refractivity contribution is 0.0841. The number of phenolic OH excluding ortho intramolecular Hbond substituents is 4. The summed E-state index contributed by atoms with van der Waals surface area (Å²) >= 11 is 0. The second-order valence-electron chi connectivity index (χ2n) is 9.89. The fourth-order valence-corrected chi connectivity index (χ4v) is 4.33. The van der Waals surface area contributed by atoms with E-state index in [-0.39, 0.29) is 46.5 Å². The van der Waals surface area contributed by atoms with Crippen molar-refractivity contribution in [3.05, 3.63) is 75.4 Å². The van der Waals surface area contributed by atoms with Crippen LogP contribution in [0.5, 0.6) is 28.7 Å². The Morgan fingerprint density at radius 2 is 1.56 bits per heavy atom. The molecule has 2 aromatic carbocycles. The summed E-state index contributed by atoms with van der Waals surface area (Å²) in [5, 5.41) is 41.8. The van der Waals surface area contributed by atoms with Crippen molar-refractivity contribution in [2.24, 2.45) is 0 Å². The van der Waals surface area contributed by atoms with Gasteiger partial charge in [-0.1, -0.05) is 41.0 Å². The highest BCUT2D eigenvalue weighted by atomic mass is 16.5. The molecule has 1 heterocycles. The van der Waals surface area contributed by atoms with E-state index in [1.165, 1.54) is 17.7 Å². The van der Waals surface area contributed by atoms with E-state index in [0.717, 1.165) is 24.0 Å². The Bertz CT molecular complexity index is 1240. The minimum atomic E-state index is -0.752. The Balaban J connectivity index is 2.00. The summed E-state index contributed by atoms with van der Waals surface area (Å²) < 4.78 is 6.26. The van der Waals surface area contributed by atoms with Crippen LogP contribution in [-0.2, 0) is 12.8 Å². The zero-order chi connectivity index (χ0) is 26.6. The van der Waals surface area contributed by atoms with Gasteiger partial charge in [-0.25, -0.2) is 0 Å². The van der Waals surface area contributed by atoms with Crippen molar-refractivity contribution < 1.29 is 30.0 Å². The van der Waals surface area contributed by atoms with Crippen LogP contribution in [0.2, 0.25) is 0 Å². The number of ketones is 1. The molecule has 0 unspecified atom stereocenters. The van der Waals surface area contributed by atoms with Gasteiger partial charge in [0.2, 0.25) is 0 Å². The number of benzene rings is 2. The van der Waals surface area contributed by atoms with Gasteiger partial charge in [0, 0.05) is 22.8 Å². The van der Waals surface area contributed by atoms with Crippen LogP contribution in [-0.4, -0.2) is 26.2 Å². The molecule has 0 bridgehead atoms. The molecule has 1 atom stereocenters. The predicted molar refractivity (Wildman–Crippen MR) is 141 cm³/mol. The van der Waals surface area contributed by atoms with Crippen molar-refractivity contribution in [3.63, 3.8) is 0 Å². The third kappa shape index (κ3) is 6.11. The van der Waals surface area contributed by atoms with E-state index >= 15 is 0 Å². The molecule has 1 aliphatic rings. The first-order valence-corrected chi connectivity index (χ1v) is 12.2. The van der Waals surface area contributed by atoms with Crippen LogP contribution in [0.1, 0.15) is 87.0 Å². The van der Waals surface area contributed by atoms with E-state index in [4.69, 9.17) is 4.74 Å². The van der Waals surface area contributed by atoms with Gasteiger partial charge in [-0.3, -0.25) is 4.79 Å². The average Bonchev–Trinajstić information content (AvgIpc) is 2.78. The maximum absolute atomic E-state index is 13.1. The molecular formula is C30H36O6. The summed E-state index contributed by atoms with van der Waals surface area (Å²) in [6.07, 6.45) is 7.76. The average molecular weight is 493 g/mol. The minimum Gasteiger partial charge on any atom is -0.507 e. The Morgan fingerprint density at radius 1 is 0.889 bits per heavy atom. The van der Waals surface area contributed by atoms with E-state index in [9.17, 15) is 25.2 Å². The number of allylic oxidation sites excluding steroid dienone is 6. The third-order valence-corrected chi connectivity index (χ3v) is 6.35. The molecule has 0 saturated carbocycles. The van der Waals surface area contributed by atoms with Crippen LogP contribution in [0.4, 0.5) is 0 Å². The normalized spacial score (nSPS) is 15.2. The van der Waals surface area contributed by atoms with Gasteiger partial charge in [-0.15, -0.1) is 0 Å². The predicted octanol–water partition coefficient (Wildman–Crippen LogP) is 6.96. The molecule has 2 aromatic rings. The Kier molecular flexibility index (Phi) is 8.51. The molecule has 1 aliphatic heterocycles. The highest BCUT2D eigenvalue weighted by molar-refractivity contribution is 6.03. The number of fused-ring (bicyclic) bond motifs is 1. The number of carbonyl (C=O) groups excluding carboxylic acids is 1. The van der Waals surface area contributed by atoms with E-state index < -0.39 is 6.10 Å². The minimum absolute atomic E-state index is 0.0477. The summed E-state index contributed by atoms with van der Waals surface area (Å²) in [5.74, 6) is -1.13. The lowest BCUT2D eigenvalue weighted by Gasteiger charge is -2.29.